The maximum absolute atomic E-state index is 12.8. The molecule has 1 aliphatic carbocycles. The zero-order valence-electron chi connectivity index (χ0n) is 13.4. The zero-order valence-corrected chi connectivity index (χ0v) is 13.4. The average molecular weight is 305 g/mol. The molecule has 0 aromatic heterocycles. The first kappa shape index (κ1) is 14.3. The molecule has 0 aromatic carbocycles. The van der Waals surface area contributed by atoms with Crippen LogP contribution in [0.1, 0.15) is 44.9 Å². The van der Waals surface area contributed by atoms with E-state index in [9.17, 15) is 9.59 Å². The number of amides is 3. The average Bonchev–Trinajstić information content (AvgIpc) is 3.09. The molecule has 0 atom stereocenters. The van der Waals surface area contributed by atoms with Crippen LogP contribution in [-0.4, -0.2) is 65.9 Å². The minimum atomic E-state index is -0.142. The topological polar surface area (TPSA) is 43.9 Å². The van der Waals surface area contributed by atoms with Crippen LogP contribution >= 0.6 is 0 Å². The Morgan fingerprint density at radius 2 is 1.55 bits per heavy atom. The van der Waals surface area contributed by atoms with Crippen LogP contribution in [-0.2, 0) is 4.79 Å². The molecule has 1 spiro atoms. The van der Waals surface area contributed by atoms with Crippen LogP contribution in [0.2, 0.25) is 0 Å². The predicted molar refractivity (Wildman–Crippen MR) is 83.4 cm³/mol. The molecule has 0 radical (unpaired) electrons. The second-order valence-corrected chi connectivity index (χ2v) is 7.69. The minimum Gasteiger partial charge on any atom is -0.342 e. The van der Waals surface area contributed by atoms with Crippen LogP contribution in [0.3, 0.4) is 0 Å². The van der Waals surface area contributed by atoms with Crippen LogP contribution < -0.4 is 0 Å². The number of likely N-dealkylation sites (tertiary alicyclic amines) is 3. The van der Waals surface area contributed by atoms with Gasteiger partial charge in [-0.05, 0) is 50.9 Å². The molecule has 0 N–H and O–H groups in total. The van der Waals surface area contributed by atoms with E-state index in [0.29, 0.717) is 5.91 Å². The third-order valence-corrected chi connectivity index (χ3v) is 6.14. The maximum atomic E-state index is 12.8. The summed E-state index contributed by atoms with van der Waals surface area (Å²) in [5.74, 6) is 1.16. The van der Waals surface area contributed by atoms with Gasteiger partial charge in [0.15, 0.2) is 0 Å². The van der Waals surface area contributed by atoms with Crippen molar-refractivity contribution < 1.29 is 9.59 Å². The molecule has 3 saturated heterocycles. The summed E-state index contributed by atoms with van der Waals surface area (Å²) >= 11 is 0. The van der Waals surface area contributed by atoms with Crippen LogP contribution in [0.4, 0.5) is 4.79 Å². The van der Waals surface area contributed by atoms with E-state index >= 15 is 0 Å². The first-order chi connectivity index (χ1) is 10.7. The highest BCUT2D eigenvalue weighted by atomic mass is 16.2. The summed E-state index contributed by atoms with van der Waals surface area (Å²) in [4.78, 5) is 31.3. The molecule has 3 heterocycles. The predicted octanol–water partition coefficient (Wildman–Crippen LogP) is 1.93. The van der Waals surface area contributed by atoms with E-state index in [1.54, 1.807) is 0 Å². The molecule has 3 amide bonds. The highest BCUT2D eigenvalue weighted by Gasteiger charge is 2.49. The van der Waals surface area contributed by atoms with Crippen molar-refractivity contribution in [1.82, 2.24) is 14.7 Å². The van der Waals surface area contributed by atoms with Crippen molar-refractivity contribution in [2.45, 2.75) is 44.9 Å². The number of urea groups is 1. The number of hydrogen-bond acceptors (Lipinski definition) is 2. The van der Waals surface area contributed by atoms with Crippen molar-refractivity contribution in [2.24, 2.45) is 11.3 Å². The molecule has 4 rings (SSSR count). The summed E-state index contributed by atoms with van der Waals surface area (Å²) in [6.45, 7) is 5.27. The summed E-state index contributed by atoms with van der Waals surface area (Å²) in [5.41, 5.74) is -0.142. The van der Waals surface area contributed by atoms with E-state index in [2.05, 4.69) is 4.90 Å². The molecule has 4 fully saturated rings. The Balaban J connectivity index is 1.34. The zero-order chi connectivity index (χ0) is 15.2. The first-order valence-electron chi connectivity index (χ1n) is 9.01. The quantitative estimate of drug-likeness (QED) is 0.782. The number of rotatable bonds is 2. The third kappa shape index (κ3) is 2.48. The van der Waals surface area contributed by atoms with Gasteiger partial charge >= 0.3 is 6.03 Å². The fourth-order valence-corrected chi connectivity index (χ4v) is 4.38. The molecule has 1 saturated carbocycles. The van der Waals surface area contributed by atoms with E-state index in [4.69, 9.17) is 0 Å². The van der Waals surface area contributed by atoms with Gasteiger partial charge in [0.1, 0.15) is 0 Å². The van der Waals surface area contributed by atoms with E-state index in [1.807, 2.05) is 9.80 Å². The monoisotopic (exact) mass is 305 g/mol. The SMILES string of the molecule is O=C(N1CCCC1)N1CCC2(CC1)CCN(CC1CC1)C2=O. The first-order valence-corrected chi connectivity index (χ1v) is 9.01. The lowest BCUT2D eigenvalue weighted by Gasteiger charge is -2.39. The molecular weight excluding hydrogens is 278 g/mol. The fraction of sp³-hybridized carbons (Fsp3) is 0.882. The summed E-state index contributed by atoms with van der Waals surface area (Å²) < 4.78 is 0. The highest BCUT2D eigenvalue weighted by Crippen LogP contribution is 2.43. The van der Waals surface area contributed by atoms with Gasteiger partial charge in [-0.1, -0.05) is 0 Å². The van der Waals surface area contributed by atoms with Gasteiger partial charge in [-0.15, -0.1) is 0 Å². The Morgan fingerprint density at radius 1 is 0.955 bits per heavy atom. The standard InChI is InChI=1S/C17H27N3O2/c21-15-17(7-12-20(15)13-14-3-4-14)5-10-19(11-6-17)16(22)18-8-1-2-9-18/h14H,1-13H2. The maximum Gasteiger partial charge on any atom is 0.319 e. The number of nitrogens with zero attached hydrogens (tertiary/aromatic N) is 3. The van der Waals surface area contributed by atoms with E-state index < -0.39 is 0 Å². The Morgan fingerprint density at radius 3 is 2.18 bits per heavy atom. The number of carbonyl (C=O) groups is 2. The molecule has 0 unspecified atom stereocenters. The molecule has 3 aliphatic heterocycles. The second-order valence-electron chi connectivity index (χ2n) is 7.69. The lowest BCUT2D eigenvalue weighted by molar-refractivity contribution is -0.138. The minimum absolute atomic E-state index is 0.142. The molecule has 0 aromatic rings. The molecular formula is C17H27N3O2. The van der Waals surface area contributed by atoms with Crippen molar-refractivity contribution in [3.63, 3.8) is 0 Å². The van der Waals surface area contributed by atoms with Gasteiger partial charge in [-0.3, -0.25) is 4.79 Å². The number of hydrogen-bond donors (Lipinski definition) is 0. The van der Waals surface area contributed by atoms with Crippen molar-refractivity contribution in [2.75, 3.05) is 39.3 Å². The fourth-order valence-electron chi connectivity index (χ4n) is 4.38. The Labute approximate surface area is 132 Å². The van der Waals surface area contributed by atoms with Gasteiger partial charge in [0.25, 0.3) is 0 Å². The van der Waals surface area contributed by atoms with Crippen molar-refractivity contribution in [3.8, 4) is 0 Å². The molecule has 0 bridgehead atoms. The number of carbonyl (C=O) groups excluding carboxylic acids is 2. The third-order valence-electron chi connectivity index (χ3n) is 6.14. The van der Waals surface area contributed by atoms with Gasteiger partial charge in [-0.2, -0.15) is 0 Å². The summed E-state index contributed by atoms with van der Waals surface area (Å²) in [6, 6.07) is 0.202. The van der Waals surface area contributed by atoms with Crippen molar-refractivity contribution in [3.05, 3.63) is 0 Å². The molecule has 5 nitrogen and oxygen atoms in total. The van der Waals surface area contributed by atoms with Crippen molar-refractivity contribution in [1.29, 1.82) is 0 Å². The van der Waals surface area contributed by atoms with Gasteiger partial charge in [0.05, 0.1) is 5.41 Å². The van der Waals surface area contributed by atoms with Gasteiger partial charge < -0.3 is 14.7 Å². The van der Waals surface area contributed by atoms with E-state index in [0.717, 1.165) is 77.3 Å². The molecule has 22 heavy (non-hydrogen) atoms. The number of piperidine rings is 1. The Bertz CT molecular complexity index is 461. The van der Waals surface area contributed by atoms with Gasteiger partial charge in [0, 0.05) is 39.3 Å². The van der Waals surface area contributed by atoms with E-state index in [-0.39, 0.29) is 11.4 Å². The van der Waals surface area contributed by atoms with Crippen LogP contribution in [0.25, 0.3) is 0 Å². The van der Waals surface area contributed by atoms with Gasteiger partial charge in [0.2, 0.25) is 5.91 Å². The lowest BCUT2D eigenvalue weighted by Crippen LogP contribution is -2.50. The Hall–Kier alpha value is -1.26. The molecule has 122 valence electrons. The molecule has 5 heteroatoms. The van der Waals surface area contributed by atoms with Crippen LogP contribution in [0.5, 0.6) is 0 Å². The summed E-state index contributed by atoms with van der Waals surface area (Å²) in [7, 11) is 0. The van der Waals surface area contributed by atoms with E-state index in [1.165, 1.54) is 12.8 Å². The van der Waals surface area contributed by atoms with Crippen molar-refractivity contribution >= 4 is 11.9 Å². The van der Waals surface area contributed by atoms with Crippen LogP contribution in [0, 0.1) is 11.3 Å². The normalized spacial score (nSPS) is 28.0. The largest absolute Gasteiger partial charge is 0.342 e. The lowest BCUT2D eigenvalue weighted by atomic mass is 9.77. The highest BCUT2D eigenvalue weighted by molar-refractivity contribution is 5.85. The van der Waals surface area contributed by atoms with Crippen LogP contribution in [0.15, 0.2) is 0 Å². The molecule has 4 aliphatic rings. The second kappa shape index (κ2) is 5.43. The smallest absolute Gasteiger partial charge is 0.319 e. The summed E-state index contributed by atoms with van der Waals surface area (Å²) in [6.07, 6.45) is 7.61. The van der Waals surface area contributed by atoms with Gasteiger partial charge in [-0.25, -0.2) is 4.79 Å². The summed E-state index contributed by atoms with van der Waals surface area (Å²) in [5, 5.41) is 0. The Kier molecular flexibility index (Phi) is 3.54.